The van der Waals surface area contributed by atoms with Gasteiger partial charge in [-0.2, -0.15) is 5.11 Å². The molecule has 184 valence electrons. The molecule has 4 N–H and O–H groups in total. The lowest BCUT2D eigenvalue weighted by molar-refractivity contribution is -0.135. The second-order valence-electron chi connectivity index (χ2n) is 8.72. The summed E-state index contributed by atoms with van der Waals surface area (Å²) in [5, 5.41) is 27.3. The summed E-state index contributed by atoms with van der Waals surface area (Å²) in [6.07, 6.45) is 0.861. The highest BCUT2D eigenvalue weighted by Gasteiger charge is 2.24. The highest BCUT2D eigenvalue weighted by Crippen LogP contribution is 2.41. The number of aromatic carboxylic acids is 1. The molecule has 4 aromatic rings. The Bertz CT molecular complexity index is 1530. The number of benzene rings is 4. The third-order valence-electron chi connectivity index (χ3n) is 6.20. The summed E-state index contributed by atoms with van der Waals surface area (Å²) in [5.74, 6) is -1.18. The number of fused-ring (bicyclic) bond motifs is 3. The van der Waals surface area contributed by atoms with Crippen LogP contribution in [0.1, 0.15) is 27.0 Å². The molecule has 1 atom stereocenters. The van der Waals surface area contributed by atoms with E-state index in [1.54, 1.807) is 18.2 Å². The number of ether oxygens (including phenoxy) is 1. The summed E-state index contributed by atoms with van der Waals surface area (Å²) in [7, 11) is 0. The Hall–Kier alpha value is -4.82. The summed E-state index contributed by atoms with van der Waals surface area (Å²) in [6, 6.07) is 23.4. The molecule has 0 saturated carbocycles. The first-order valence-corrected chi connectivity index (χ1v) is 11.6. The van der Waals surface area contributed by atoms with Gasteiger partial charge >= 0.3 is 11.9 Å². The van der Waals surface area contributed by atoms with Crippen LogP contribution in [0, 0.1) is 0 Å². The van der Waals surface area contributed by atoms with Gasteiger partial charge in [0.05, 0.1) is 11.3 Å². The molecular weight excluding hydrogens is 470 g/mol. The summed E-state index contributed by atoms with van der Waals surface area (Å²) >= 11 is 0. The average Bonchev–Trinajstić information content (AvgIpc) is 3.29. The fourth-order valence-electron chi connectivity index (χ4n) is 4.30. The summed E-state index contributed by atoms with van der Waals surface area (Å²) in [4.78, 5) is 23.8. The first kappa shape index (κ1) is 23.9. The van der Waals surface area contributed by atoms with Gasteiger partial charge in [-0.05, 0) is 71.1 Å². The van der Waals surface area contributed by atoms with Crippen molar-refractivity contribution in [2.45, 2.75) is 18.9 Å². The molecule has 37 heavy (non-hydrogen) atoms. The van der Waals surface area contributed by atoms with Gasteiger partial charge in [0.25, 0.3) is 0 Å². The molecule has 8 heteroatoms. The zero-order valence-electron chi connectivity index (χ0n) is 19.7. The topological polar surface area (TPSA) is 135 Å². The van der Waals surface area contributed by atoms with E-state index in [-0.39, 0.29) is 23.4 Å². The second-order valence-corrected chi connectivity index (χ2v) is 8.72. The second kappa shape index (κ2) is 10.0. The van der Waals surface area contributed by atoms with Crippen LogP contribution in [-0.4, -0.2) is 28.2 Å². The van der Waals surface area contributed by atoms with E-state index in [1.165, 1.54) is 35.9 Å². The summed E-state index contributed by atoms with van der Waals surface area (Å²) in [6.45, 7) is 0. The Morgan fingerprint density at radius 1 is 0.919 bits per heavy atom. The summed E-state index contributed by atoms with van der Waals surface area (Å²) < 4.78 is 5.71. The number of carbonyl (C=O) groups is 2. The average molecular weight is 494 g/mol. The zero-order chi connectivity index (χ0) is 25.9. The van der Waals surface area contributed by atoms with Gasteiger partial charge in [-0.3, -0.25) is 0 Å². The van der Waals surface area contributed by atoms with Crippen LogP contribution in [0.25, 0.3) is 11.1 Å². The third-order valence-corrected chi connectivity index (χ3v) is 6.20. The van der Waals surface area contributed by atoms with Gasteiger partial charge in [-0.25, -0.2) is 9.59 Å². The Morgan fingerprint density at radius 3 is 2.46 bits per heavy atom. The number of hydrogen-bond acceptors (Lipinski definition) is 7. The van der Waals surface area contributed by atoms with Crippen LogP contribution < -0.4 is 10.5 Å². The number of hydrogen-bond donors (Lipinski definition) is 3. The van der Waals surface area contributed by atoms with Crippen molar-refractivity contribution in [2.24, 2.45) is 16.0 Å². The van der Waals surface area contributed by atoms with Crippen molar-refractivity contribution in [3.8, 4) is 22.6 Å². The predicted molar refractivity (Wildman–Crippen MR) is 138 cm³/mol. The Kier molecular flexibility index (Phi) is 6.49. The lowest BCUT2D eigenvalue weighted by Gasteiger charge is -2.14. The molecule has 0 saturated heterocycles. The largest absolute Gasteiger partial charge is 0.506 e. The minimum absolute atomic E-state index is 0.0924. The number of esters is 1. The minimum atomic E-state index is -1.04. The number of carboxylic acid groups (broad SMARTS) is 1. The number of carbonyl (C=O) groups excluding carboxylic acids is 1. The predicted octanol–water partition coefficient (Wildman–Crippen LogP) is 5.55. The number of azo groups is 1. The van der Waals surface area contributed by atoms with Gasteiger partial charge in [0.1, 0.15) is 23.2 Å². The Balaban J connectivity index is 1.27. The number of aromatic hydroxyl groups is 1. The minimum Gasteiger partial charge on any atom is -0.506 e. The maximum Gasteiger partial charge on any atom is 0.335 e. The molecule has 0 fully saturated rings. The standard InChI is InChI=1S/C29H23N3O5/c30-24(29(36)37-27-7-3-6-22-21-5-2-1-4-19(21)16-23(22)27)14-17-8-13-26(33)25(15-17)32-31-20-11-9-18(10-12-20)28(34)35/h1-13,15,24,33H,14,16,30H2,(H,34,35)/b32-31+. The van der Waals surface area contributed by atoms with E-state index in [0.29, 0.717) is 23.4 Å². The molecule has 0 spiro atoms. The van der Waals surface area contributed by atoms with Crippen molar-refractivity contribution >= 4 is 23.3 Å². The quantitative estimate of drug-likeness (QED) is 0.155. The van der Waals surface area contributed by atoms with Crippen molar-refractivity contribution in [2.75, 3.05) is 0 Å². The maximum atomic E-state index is 12.8. The van der Waals surface area contributed by atoms with Crippen LogP contribution in [0.5, 0.6) is 11.5 Å². The van der Waals surface area contributed by atoms with Gasteiger partial charge in [0, 0.05) is 12.0 Å². The molecule has 0 heterocycles. The van der Waals surface area contributed by atoms with E-state index in [0.717, 1.165) is 16.7 Å². The van der Waals surface area contributed by atoms with Gasteiger partial charge in [0.15, 0.2) is 0 Å². The molecule has 1 aliphatic rings. The van der Waals surface area contributed by atoms with Crippen molar-refractivity contribution in [3.05, 3.63) is 107 Å². The van der Waals surface area contributed by atoms with Crippen LogP contribution >= 0.6 is 0 Å². The Morgan fingerprint density at radius 2 is 1.68 bits per heavy atom. The van der Waals surface area contributed by atoms with Gasteiger partial charge in [-0.1, -0.05) is 42.5 Å². The Labute approximate surface area is 212 Å². The maximum absolute atomic E-state index is 12.8. The molecule has 0 amide bonds. The molecule has 1 unspecified atom stereocenters. The van der Waals surface area contributed by atoms with Gasteiger partial charge < -0.3 is 20.7 Å². The molecule has 5 rings (SSSR count). The van der Waals surface area contributed by atoms with Crippen LogP contribution in [-0.2, 0) is 17.6 Å². The molecule has 0 radical (unpaired) electrons. The molecule has 4 aromatic carbocycles. The van der Waals surface area contributed by atoms with E-state index in [2.05, 4.69) is 22.4 Å². The van der Waals surface area contributed by atoms with E-state index in [1.807, 2.05) is 24.3 Å². The molecule has 1 aliphatic carbocycles. The first-order valence-electron chi connectivity index (χ1n) is 11.6. The summed E-state index contributed by atoms with van der Waals surface area (Å²) in [5.41, 5.74) is 12.0. The highest BCUT2D eigenvalue weighted by molar-refractivity contribution is 5.88. The number of phenols is 1. The number of rotatable bonds is 7. The molecule has 0 aromatic heterocycles. The monoisotopic (exact) mass is 493 g/mol. The molecular formula is C29H23N3O5. The van der Waals surface area contributed by atoms with Crippen molar-refractivity contribution in [1.29, 1.82) is 0 Å². The van der Waals surface area contributed by atoms with Crippen LogP contribution in [0.4, 0.5) is 11.4 Å². The van der Waals surface area contributed by atoms with Crippen molar-refractivity contribution in [1.82, 2.24) is 0 Å². The van der Waals surface area contributed by atoms with E-state index in [9.17, 15) is 14.7 Å². The number of carboxylic acids is 1. The SMILES string of the molecule is NC(Cc1ccc(O)c(/N=N/c2ccc(C(=O)O)cc2)c1)C(=O)Oc1cccc2c1Cc1ccccc1-2. The number of nitrogens with two attached hydrogens (primary N) is 1. The van der Waals surface area contributed by atoms with E-state index in [4.69, 9.17) is 15.6 Å². The third kappa shape index (κ3) is 5.10. The van der Waals surface area contributed by atoms with E-state index < -0.39 is 18.0 Å². The van der Waals surface area contributed by atoms with Crippen molar-refractivity contribution < 1.29 is 24.5 Å². The fraction of sp³-hybridized carbons (Fsp3) is 0.103. The number of phenolic OH excluding ortho intramolecular Hbond substituents is 1. The van der Waals surface area contributed by atoms with Crippen LogP contribution in [0.3, 0.4) is 0 Å². The van der Waals surface area contributed by atoms with Gasteiger partial charge in [0.2, 0.25) is 0 Å². The fourth-order valence-corrected chi connectivity index (χ4v) is 4.30. The highest BCUT2D eigenvalue weighted by atomic mass is 16.5. The normalized spacial score (nSPS) is 12.7. The van der Waals surface area contributed by atoms with Crippen LogP contribution in [0.15, 0.2) is 95.2 Å². The van der Waals surface area contributed by atoms with Gasteiger partial charge in [-0.15, -0.1) is 5.11 Å². The smallest absolute Gasteiger partial charge is 0.335 e. The van der Waals surface area contributed by atoms with Crippen molar-refractivity contribution in [3.63, 3.8) is 0 Å². The van der Waals surface area contributed by atoms with Crippen LogP contribution in [0.2, 0.25) is 0 Å². The molecule has 0 aliphatic heterocycles. The molecule has 0 bridgehead atoms. The zero-order valence-corrected chi connectivity index (χ0v) is 19.7. The number of nitrogens with zero attached hydrogens (tertiary/aromatic N) is 2. The lowest BCUT2D eigenvalue weighted by Crippen LogP contribution is -2.36. The molecule has 8 nitrogen and oxygen atoms in total. The van der Waals surface area contributed by atoms with E-state index >= 15 is 0 Å². The lowest BCUT2D eigenvalue weighted by atomic mass is 10.0. The first-order chi connectivity index (χ1) is 17.9.